The summed E-state index contributed by atoms with van der Waals surface area (Å²) in [5.41, 5.74) is 2.00. The largest absolute Gasteiger partial charge is 0.497 e. The number of methoxy groups -OCH3 is 1. The number of hydrogen-bond acceptors (Lipinski definition) is 4. The topological polar surface area (TPSA) is 68.8 Å². The van der Waals surface area contributed by atoms with Gasteiger partial charge in [0.15, 0.2) is 11.5 Å². The highest BCUT2D eigenvalue weighted by Crippen LogP contribution is 2.30. The van der Waals surface area contributed by atoms with Crippen LogP contribution in [-0.2, 0) is 6.54 Å². The third-order valence-electron chi connectivity index (χ3n) is 4.29. The third kappa shape index (κ3) is 4.39. The minimum Gasteiger partial charge on any atom is -0.497 e. The molecule has 26 heavy (non-hydrogen) atoms. The Morgan fingerprint density at radius 2 is 1.85 bits per heavy atom. The van der Waals surface area contributed by atoms with Crippen molar-refractivity contribution in [3.63, 3.8) is 0 Å². The molecule has 3 rings (SSSR count). The molecule has 2 aromatic rings. The Balaban J connectivity index is 1.55. The smallest absolute Gasteiger partial charge is 0.315 e. The average Bonchev–Trinajstić information content (AvgIpc) is 2.70. The molecule has 138 valence electrons. The number of nitrogens with one attached hydrogen (secondary N) is 2. The summed E-state index contributed by atoms with van der Waals surface area (Å²) in [6, 6.07) is 13.2. The van der Waals surface area contributed by atoms with E-state index in [1.54, 1.807) is 7.11 Å². The molecule has 6 nitrogen and oxygen atoms in total. The Morgan fingerprint density at radius 1 is 1.12 bits per heavy atom. The zero-order valence-corrected chi connectivity index (χ0v) is 15.1. The molecule has 0 fully saturated rings. The number of ether oxygens (including phenoxy) is 3. The minimum atomic E-state index is -0.206. The van der Waals surface area contributed by atoms with Gasteiger partial charge in [0.2, 0.25) is 0 Å². The molecule has 0 bridgehead atoms. The van der Waals surface area contributed by atoms with Gasteiger partial charge in [0, 0.05) is 6.54 Å². The monoisotopic (exact) mass is 356 g/mol. The van der Waals surface area contributed by atoms with E-state index in [0.29, 0.717) is 19.8 Å². The van der Waals surface area contributed by atoms with E-state index in [0.717, 1.165) is 34.8 Å². The van der Waals surface area contributed by atoms with E-state index in [-0.39, 0.29) is 12.1 Å². The van der Waals surface area contributed by atoms with Crippen LogP contribution in [0.4, 0.5) is 4.79 Å². The summed E-state index contributed by atoms with van der Waals surface area (Å²) in [6.45, 7) is 3.57. The van der Waals surface area contributed by atoms with Crippen LogP contribution in [0, 0.1) is 0 Å². The first-order valence-electron chi connectivity index (χ1n) is 8.76. The van der Waals surface area contributed by atoms with Crippen molar-refractivity contribution in [1.29, 1.82) is 0 Å². The first kappa shape index (κ1) is 17.9. The van der Waals surface area contributed by atoms with Crippen LogP contribution >= 0.6 is 0 Å². The van der Waals surface area contributed by atoms with Gasteiger partial charge in [0.1, 0.15) is 19.0 Å². The Bertz CT molecular complexity index is 746. The van der Waals surface area contributed by atoms with Gasteiger partial charge in [-0.25, -0.2) is 4.79 Å². The molecular weight excluding hydrogens is 332 g/mol. The number of rotatable bonds is 6. The third-order valence-corrected chi connectivity index (χ3v) is 4.29. The van der Waals surface area contributed by atoms with E-state index in [1.165, 1.54) is 0 Å². The first-order valence-corrected chi connectivity index (χ1v) is 8.76. The molecule has 1 aliphatic rings. The molecule has 2 N–H and O–H groups in total. The van der Waals surface area contributed by atoms with E-state index in [1.807, 2.05) is 49.4 Å². The maximum absolute atomic E-state index is 12.3. The summed E-state index contributed by atoms with van der Waals surface area (Å²) in [5, 5.41) is 5.90. The highest BCUT2D eigenvalue weighted by molar-refractivity contribution is 5.74. The van der Waals surface area contributed by atoms with Gasteiger partial charge in [-0.3, -0.25) is 0 Å². The van der Waals surface area contributed by atoms with Crippen LogP contribution in [0.25, 0.3) is 0 Å². The number of fused-ring (bicyclic) bond motifs is 1. The van der Waals surface area contributed by atoms with Crippen molar-refractivity contribution in [2.45, 2.75) is 25.9 Å². The number of carbonyl (C=O) groups is 1. The number of urea groups is 1. The van der Waals surface area contributed by atoms with E-state index in [9.17, 15) is 4.79 Å². The molecule has 6 heteroatoms. The van der Waals surface area contributed by atoms with Gasteiger partial charge in [-0.2, -0.15) is 0 Å². The second kappa shape index (κ2) is 8.47. The number of benzene rings is 2. The minimum absolute atomic E-state index is 0.0545. The normalized spacial score (nSPS) is 13.6. The Kier molecular flexibility index (Phi) is 5.84. The SMILES string of the molecule is CCC(NC(=O)NCc1ccc2c(c1)OCCO2)c1ccc(OC)cc1. The van der Waals surface area contributed by atoms with Crippen molar-refractivity contribution >= 4 is 6.03 Å². The predicted octanol–water partition coefficient (Wildman–Crippen LogP) is 3.42. The van der Waals surface area contributed by atoms with Crippen molar-refractivity contribution < 1.29 is 19.0 Å². The van der Waals surface area contributed by atoms with Gasteiger partial charge in [0.25, 0.3) is 0 Å². The highest BCUT2D eigenvalue weighted by atomic mass is 16.6. The lowest BCUT2D eigenvalue weighted by atomic mass is 10.0. The van der Waals surface area contributed by atoms with Crippen molar-refractivity contribution in [3.8, 4) is 17.2 Å². The summed E-state index contributed by atoms with van der Waals surface area (Å²) in [7, 11) is 1.63. The molecule has 1 atom stereocenters. The van der Waals surface area contributed by atoms with E-state index in [4.69, 9.17) is 14.2 Å². The summed E-state index contributed by atoms with van der Waals surface area (Å²) < 4.78 is 16.2. The lowest BCUT2D eigenvalue weighted by Gasteiger charge is -2.20. The van der Waals surface area contributed by atoms with E-state index >= 15 is 0 Å². The fourth-order valence-electron chi connectivity index (χ4n) is 2.85. The predicted molar refractivity (Wildman–Crippen MR) is 98.8 cm³/mol. The van der Waals surface area contributed by atoms with E-state index in [2.05, 4.69) is 10.6 Å². The Hall–Kier alpha value is -2.89. The second-order valence-electron chi connectivity index (χ2n) is 6.04. The summed E-state index contributed by atoms with van der Waals surface area (Å²) in [4.78, 5) is 12.3. The molecule has 0 spiro atoms. The molecule has 0 aromatic heterocycles. The summed E-state index contributed by atoms with van der Waals surface area (Å²) in [5.74, 6) is 2.27. The van der Waals surface area contributed by atoms with Gasteiger partial charge in [-0.15, -0.1) is 0 Å². The number of hydrogen-bond donors (Lipinski definition) is 2. The fraction of sp³-hybridized carbons (Fsp3) is 0.350. The molecule has 0 saturated heterocycles. The lowest BCUT2D eigenvalue weighted by molar-refractivity contribution is 0.171. The highest BCUT2D eigenvalue weighted by Gasteiger charge is 2.14. The standard InChI is InChI=1S/C20H24N2O4/c1-3-17(15-5-7-16(24-2)8-6-15)22-20(23)21-13-14-4-9-18-19(12-14)26-11-10-25-18/h4-9,12,17H,3,10-11,13H2,1-2H3,(H2,21,22,23). The number of carbonyl (C=O) groups excluding carboxylic acids is 1. The van der Waals surface area contributed by atoms with Crippen LogP contribution in [0.2, 0.25) is 0 Å². The molecule has 0 radical (unpaired) electrons. The number of amides is 2. The maximum atomic E-state index is 12.3. The molecule has 0 aliphatic carbocycles. The fourth-order valence-corrected chi connectivity index (χ4v) is 2.85. The molecule has 2 amide bonds. The van der Waals surface area contributed by atoms with Crippen molar-refractivity contribution in [2.75, 3.05) is 20.3 Å². The van der Waals surface area contributed by atoms with Crippen molar-refractivity contribution in [3.05, 3.63) is 53.6 Å². The summed E-state index contributed by atoms with van der Waals surface area (Å²) in [6.07, 6.45) is 0.795. The average molecular weight is 356 g/mol. The molecule has 1 heterocycles. The van der Waals surface area contributed by atoms with Gasteiger partial charge < -0.3 is 24.8 Å². The maximum Gasteiger partial charge on any atom is 0.315 e. The van der Waals surface area contributed by atoms with Gasteiger partial charge >= 0.3 is 6.03 Å². The van der Waals surface area contributed by atoms with Crippen molar-refractivity contribution in [2.24, 2.45) is 0 Å². The van der Waals surface area contributed by atoms with Crippen LogP contribution in [0.15, 0.2) is 42.5 Å². The van der Waals surface area contributed by atoms with Crippen LogP contribution in [0.3, 0.4) is 0 Å². The quantitative estimate of drug-likeness (QED) is 0.832. The van der Waals surface area contributed by atoms with Crippen LogP contribution in [0.1, 0.15) is 30.5 Å². The van der Waals surface area contributed by atoms with Crippen LogP contribution < -0.4 is 24.8 Å². The lowest BCUT2D eigenvalue weighted by Crippen LogP contribution is -2.37. The zero-order valence-electron chi connectivity index (χ0n) is 15.1. The van der Waals surface area contributed by atoms with E-state index < -0.39 is 0 Å². The molecule has 1 unspecified atom stereocenters. The zero-order chi connectivity index (χ0) is 18.4. The van der Waals surface area contributed by atoms with Gasteiger partial charge in [-0.05, 0) is 41.8 Å². The Morgan fingerprint density at radius 3 is 2.54 bits per heavy atom. The summed E-state index contributed by atoms with van der Waals surface area (Å²) >= 11 is 0. The first-order chi connectivity index (χ1) is 12.7. The van der Waals surface area contributed by atoms with Crippen LogP contribution in [-0.4, -0.2) is 26.4 Å². The van der Waals surface area contributed by atoms with Gasteiger partial charge in [-0.1, -0.05) is 25.1 Å². The molecule has 1 aliphatic heterocycles. The molecular formula is C20H24N2O4. The van der Waals surface area contributed by atoms with Crippen molar-refractivity contribution in [1.82, 2.24) is 10.6 Å². The van der Waals surface area contributed by atoms with Crippen LogP contribution in [0.5, 0.6) is 17.2 Å². The molecule has 0 saturated carbocycles. The van der Waals surface area contributed by atoms with Gasteiger partial charge in [0.05, 0.1) is 13.2 Å². The Labute approximate surface area is 153 Å². The second-order valence-corrected chi connectivity index (χ2v) is 6.04. The molecule has 2 aromatic carbocycles.